The molecule has 0 radical (unpaired) electrons. The smallest absolute Gasteiger partial charge is 0.273 e. The number of anilines is 1. The zero-order valence-corrected chi connectivity index (χ0v) is 22.1. The lowest BCUT2D eigenvalue weighted by Crippen LogP contribution is -2.43. The van der Waals surface area contributed by atoms with Crippen molar-refractivity contribution in [1.29, 1.82) is 5.26 Å². The highest BCUT2D eigenvalue weighted by Gasteiger charge is 2.53. The summed E-state index contributed by atoms with van der Waals surface area (Å²) >= 11 is 0. The number of hydrogen-bond acceptors (Lipinski definition) is 6. The number of nitrogens with one attached hydrogen (secondary N) is 1. The van der Waals surface area contributed by atoms with E-state index in [1.54, 1.807) is 10.9 Å². The lowest BCUT2D eigenvalue weighted by Gasteiger charge is -2.36. The average molecular weight is 510 g/mol. The fourth-order valence-corrected chi connectivity index (χ4v) is 5.95. The molecule has 3 aliphatic rings. The van der Waals surface area contributed by atoms with Crippen LogP contribution in [0.1, 0.15) is 82.0 Å². The number of hydrogen-bond donors (Lipinski definition) is 1. The summed E-state index contributed by atoms with van der Waals surface area (Å²) in [6, 6.07) is 8.05. The van der Waals surface area contributed by atoms with E-state index in [2.05, 4.69) is 32.7 Å². The molecule has 2 aliphatic carbocycles. The molecule has 9 nitrogen and oxygen atoms in total. The summed E-state index contributed by atoms with van der Waals surface area (Å²) in [5, 5.41) is 20.9. The van der Waals surface area contributed by atoms with Gasteiger partial charge in [0.15, 0.2) is 5.69 Å². The molecule has 3 heterocycles. The van der Waals surface area contributed by atoms with Gasteiger partial charge in [0.1, 0.15) is 5.82 Å². The minimum atomic E-state index is -0.246. The van der Waals surface area contributed by atoms with Gasteiger partial charge < -0.3 is 5.32 Å². The molecule has 0 spiro atoms. The molecule has 9 heteroatoms. The molecule has 1 aliphatic heterocycles. The second-order valence-corrected chi connectivity index (χ2v) is 11.1. The monoisotopic (exact) mass is 509 g/mol. The number of carbonyl (C=O) groups excluding carboxylic acids is 2. The Morgan fingerprint density at radius 1 is 1.18 bits per heavy atom. The number of nitriles is 1. The number of pyridine rings is 1. The van der Waals surface area contributed by atoms with Crippen LogP contribution in [0.3, 0.4) is 0 Å². The molecule has 1 N–H and O–H groups in total. The maximum atomic E-state index is 12.9. The van der Waals surface area contributed by atoms with Gasteiger partial charge in [0.05, 0.1) is 23.9 Å². The minimum absolute atomic E-state index is 0.0445. The van der Waals surface area contributed by atoms with Crippen LogP contribution in [-0.2, 0) is 4.79 Å². The number of fused-ring (bicyclic) bond motifs is 1. The van der Waals surface area contributed by atoms with E-state index in [4.69, 9.17) is 0 Å². The van der Waals surface area contributed by atoms with Crippen LogP contribution in [0.5, 0.6) is 0 Å². The number of rotatable bonds is 6. The Morgan fingerprint density at radius 3 is 2.68 bits per heavy atom. The topological polar surface area (TPSA) is 117 Å². The highest BCUT2D eigenvalue weighted by molar-refractivity contribution is 5.99. The van der Waals surface area contributed by atoms with Gasteiger partial charge in [-0.3, -0.25) is 14.5 Å². The number of benzene rings is 1. The Kier molecular flexibility index (Phi) is 5.78. The van der Waals surface area contributed by atoms with Crippen molar-refractivity contribution < 1.29 is 9.59 Å². The van der Waals surface area contributed by atoms with Gasteiger partial charge in [-0.2, -0.15) is 5.26 Å². The molecule has 3 atom stereocenters. The summed E-state index contributed by atoms with van der Waals surface area (Å²) in [5.41, 5.74) is 6.21. The van der Waals surface area contributed by atoms with E-state index in [1.807, 2.05) is 50.9 Å². The van der Waals surface area contributed by atoms with Crippen molar-refractivity contribution in [2.75, 3.05) is 11.4 Å². The van der Waals surface area contributed by atoms with Crippen LogP contribution in [-0.4, -0.2) is 44.4 Å². The summed E-state index contributed by atoms with van der Waals surface area (Å²) in [4.78, 5) is 31.9. The zero-order chi connectivity index (χ0) is 26.7. The molecule has 1 saturated heterocycles. The maximum Gasteiger partial charge on any atom is 0.273 e. The third kappa shape index (κ3) is 4.05. The molecule has 2 aromatic heterocycles. The van der Waals surface area contributed by atoms with Crippen LogP contribution >= 0.6 is 0 Å². The fourth-order valence-electron chi connectivity index (χ4n) is 5.95. The van der Waals surface area contributed by atoms with Crippen molar-refractivity contribution in [3.8, 4) is 6.07 Å². The molecule has 38 heavy (non-hydrogen) atoms. The van der Waals surface area contributed by atoms with Crippen molar-refractivity contribution >= 4 is 17.6 Å². The van der Waals surface area contributed by atoms with E-state index in [0.29, 0.717) is 11.5 Å². The van der Waals surface area contributed by atoms with Gasteiger partial charge in [0, 0.05) is 24.7 Å². The SMILES string of the molecule is Cc1ccc(C#N)c(C2CC(NC(=O)c3cn([C@@H](C)c4cnc(N5C[C@H]6C[C@H]6C5=O)c(C)c4C)nn3)C2)c1. The highest BCUT2D eigenvalue weighted by atomic mass is 16.2. The third-order valence-corrected chi connectivity index (χ3v) is 8.67. The lowest BCUT2D eigenvalue weighted by molar-refractivity contribution is -0.118. The van der Waals surface area contributed by atoms with Crippen LogP contribution in [0.15, 0.2) is 30.6 Å². The van der Waals surface area contributed by atoms with Gasteiger partial charge >= 0.3 is 0 Å². The quantitative estimate of drug-likeness (QED) is 0.541. The van der Waals surface area contributed by atoms with Gasteiger partial charge in [0.2, 0.25) is 5.91 Å². The Labute approximate surface area is 221 Å². The number of carbonyl (C=O) groups is 2. The van der Waals surface area contributed by atoms with E-state index in [9.17, 15) is 14.9 Å². The Hall–Kier alpha value is -4.06. The molecule has 2 saturated carbocycles. The fraction of sp³-hybridized carbons (Fsp3) is 0.448. The minimum Gasteiger partial charge on any atom is -0.348 e. The number of amides is 2. The van der Waals surface area contributed by atoms with Crippen molar-refractivity contribution in [1.82, 2.24) is 25.3 Å². The highest BCUT2D eigenvalue weighted by Crippen LogP contribution is 2.47. The standard InChI is InChI=1S/C29H31N7O2/c1-15-5-6-19(11-30)23(7-15)20-8-22(9-20)32-28(37)26-14-36(34-33-26)18(4)25-12-31-27(17(3)16(25)2)35-13-21-10-24(21)29(35)38/h5-7,12,14,18,20-22,24H,8-10,13H2,1-4H3,(H,32,37)/t18-,20?,21+,22?,24+/m0/s1. The van der Waals surface area contributed by atoms with Crippen molar-refractivity contribution in [3.63, 3.8) is 0 Å². The maximum absolute atomic E-state index is 12.9. The van der Waals surface area contributed by atoms with Crippen molar-refractivity contribution in [2.45, 2.75) is 65.0 Å². The van der Waals surface area contributed by atoms with E-state index in [0.717, 1.165) is 59.4 Å². The molecule has 6 rings (SSSR count). The van der Waals surface area contributed by atoms with E-state index in [-0.39, 0.29) is 41.4 Å². The molecule has 0 unspecified atom stereocenters. The first-order valence-corrected chi connectivity index (χ1v) is 13.3. The average Bonchev–Trinajstić information content (AvgIpc) is 3.33. The van der Waals surface area contributed by atoms with E-state index < -0.39 is 0 Å². The van der Waals surface area contributed by atoms with Gasteiger partial charge in [-0.25, -0.2) is 9.67 Å². The second-order valence-electron chi connectivity index (χ2n) is 11.1. The zero-order valence-electron chi connectivity index (χ0n) is 22.1. The first kappa shape index (κ1) is 24.3. The van der Waals surface area contributed by atoms with Crippen LogP contribution in [0, 0.1) is 43.9 Å². The number of aryl methyl sites for hydroxylation is 1. The first-order chi connectivity index (χ1) is 18.2. The molecule has 194 valence electrons. The van der Waals surface area contributed by atoms with E-state index in [1.165, 1.54) is 0 Å². The number of piperidine rings is 1. The molecular formula is C29H31N7O2. The summed E-state index contributed by atoms with van der Waals surface area (Å²) in [7, 11) is 0. The normalized spacial score (nSPS) is 24.4. The Balaban J connectivity index is 1.11. The van der Waals surface area contributed by atoms with Gasteiger partial charge in [-0.1, -0.05) is 22.9 Å². The van der Waals surface area contributed by atoms with E-state index >= 15 is 0 Å². The predicted octanol–water partition coefficient (Wildman–Crippen LogP) is 3.74. The summed E-state index contributed by atoms with van der Waals surface area (Å²) in [6.45, 7) is 8.83. The van der Waals surface area contributed by atoms with Gasteiger partial charge in [0.25, 0.3) is 5.91 Å². The Morgan fingerprint density at radius 2 is 1.97 bits per heavy atom. The largest absolute Gasteiger partial charge is 0.348 e. The molecular weight excluding hydrogens is 478 g/mol. The van der Waals surface area contributed by atoms with Gasteiger partial charge in [-0.05, 0) is 87.1 Å². The predicted molar refractivity (Wildman–Crippen MR) is 141 cm³/mol. The Bertz CT molecular complexity index is 1500. The summed E-state index contributed by atoms with van der Waals surface area (Å²) in [6.07, 6.45) is 6.10. The first-order valence-electron chi connectivity index (χ1n) is 13.3. The molecule has 3 aromatic rings. The van der Waals surface area contributed by atoms with Crippen LogP contribution in [0.4, 0.5) is 5.82 Å². The van der Waals surface area contributed by atoms with Crippen LogP contribution in [0.25, 0.3) is 0 Å². The molecule has 2 amide bonds. The number of aromatic nitrogens is 4. The van der Waals surface area contributed by atoms with Crippen molar-refractivity contribution in [2.24, 2.45) is 11.8 Å². The second kappa shape index (κ2) is 9.05. The van der Waals surface area contributed by atoms with Gasteiger partial charge in [-0.15, -0.1) is 5.10 Å². The number of nitrogens with zero attached hydrogens (tertiary/aromatic N) is 6. The summed E-state index contributed by atoms with van der Waals surface area (Å²) in [5.74, 6) is 1.66. The molecule has 3 fully saturated rings. The summed E-state index contributed by atoms with van der Waals surface area (Å²) < 4.78 is 1.68. The lowest BCUT2D eigenvalue weighted by atomic mass is 9.74. The van der Waals surface area contributed by atoms with Crippen LogP contribution in [0.2, 0.25) is 0 Å². The molecule has 0 bridgehead atoms. The third-order valence-electron chi connectivity index (χ3n) is 8.67. The molecule has 1 aromatic carbocycles. The van der Waals surface area contributed by atoms with Crippen molar-refractivity contribution in [3.05, 3.63) is 69.7 Å². The van der Waals surface area contributed by atoms with Crippen LogP contribution < -0.4 is 10.2 Å².